The molecule has 0 saturated carbocycles. The number of nitrogens with two attached hydrogens (primary N) is 1. The second-order valence-electron chi connectivity index (χ2n) is 11.0. The van der Waals surface area contributed by atoms with Gasteiger partial charge in [-0.15, -0.1) is 0 Å². The van der Waals surface area contributed by atoms with Gasteiger partial charge in [-0.25, -0.2) is 9.97 Å². The number of nitrogens with zero attached hydrogens (tertiary/aromatic N) is 5. The lowest BCUT2D eigenvalue weighted by atomic mass is 9.84. The van der Waals surface area contributed by atoms with Crippen LogP contribution >= 0.6 is 0 Å². The molecule has 2 N–H and O–H groups in total. The third-order valence-corrected chi connectivity index (χ3v) is 7.41. The highest BCUT2D eigenvalue weighted by Crippen LogP contribution is 2.36. The van der Waals surface area contributed by atoms with Crippen LogP contribution in [0.5, 0.6) is 0 Å². The fraction of sp³-hybridized carbons (Fsp3) is 0.552. The lowest BCUT2D eigenvalue weighted by molar-refractivity contribution is 0.202. The van der Waals surface area contributed by atoms with Gasteiger partial charge in [-0.05, 0) is 49.3 Å². The number of methoxy groups -OCH3 is 1. The Kier molecular flexibility index (Phi) is 7.98. The third kappa shape index (κ3) is 5.72. The summed E-state index contributed by atoms with van der Waals surface area (Å²) in [6.45, 7) is 13.2. The maximum absolute atomic E-state index is 6.27. The quantitative estimate of drug-likeness (QED) is 0.469. The highest BCUT2D eigenvalue weighted by molar-refractivity contribution is 5.93. The maximum atomic E-state index is 6.27. The average molecular weight is 491 g/mol. The van der Waals surface area contributed by atoms with Crippen LogP contribution in [0.25, 0.3) is 11.4 Å². The zero-order valence-electron chi connectivity index (χ0n) is 22.9. The molecule has 1 saturated heterocycles. The number of hydrogen-bond acceptors (Lipinski definition) is 6. The minimum atomic E-state index is 0.262. The lowest BCUT2D eigenvalue weighted by Crippen LogP contribution is -2.43. The Bertz CT molecular complexity index is 1130. The topological polar surface area (TPSA) is 79.9 Å². The van der Waals surface area contributed by atoms with Crippen LogP contribution in [0.4, 0.5) is 5.82 Å². The summed E-state index contributed by atoms with van der Waals surface area (Å²) in [6.07, 6.45) is 5.94. The van der Waals surface area contributed by atoms with Gasteiger partial charge in [0.15, 0.2) is 5.82 Å². The van der Waals surface area contributed by atoms with Crippen LogP contribution in [0.2, 0.25) is 0 Å². The summed E-state index contributed by atoms with van der Waals surface area (Å²) in [5.41, 5.74) is 13.3. The summed E-state index contributed by atoms with van der Waals surface area (Å²) in [5, 5.41) is 0. The molecule has 3 heterocycles. The number of aromatic nitrogens is 2. The predicted octanol–water partition coefficient (Wildman–Crippen LogP) is 4.65. The van der Waals surface area contributed by atoms with Crippen molar-refractivity contribution in [3.05, 3.63) is 52.4 Å². The molecule has 0 amide bonds. The second kappa shape index (κ2) is 11.0. The molecular formula is C29H42N6O. The first-order valence-corrected chi connectivity index (χ1v) is 13.1. The molecule has 36 heavy (non-hydrogen) atoms. The smallest absolute Gasteiger partial charge is 0.162 e. The minimum absolute atomic E-state index is 0.262. The van der Waals surface area contributed by atoms with Gasteiger partial charge in [-0.1, -0.05) is 32.0 Å². The van der Waals surface area contributed by atoms with E-state index in [9.17, 15) is 0 Å². The number of anilines is 1. The molecule has 0 atom stereocenters. The molecule has 2 aliphatic rings. The third-order valence-electron chi connectivity index (χ3n) is 7.41. The molecule has 0 spiro atoms. The highest BCUT2D eigenvalue weighted by atomic mass is 16.5. The number of aliphatic imine (C=N–C) groups is 1. The first kappa shape index (κ1) is 26.1. The van der Waals surface area contributed by atoms with E-state index in [2.05, 4.69) is 60.7 Å². The van der Waals surface area contributed by atoms with Crippen molar-refractivity contribution in [2.75, 3.05) is 45.3 Å². The second-order valence-corrected chi connectivity index (χ2v) is 11.0. The number of aryl methyl sites for hydroxylation is 2. The van der Waals surface area contributed by atoms with Gasteiger partial charge < -0.3 is 20.3 Å². The van der Waals surface area contributed by atoms with Crippen LogP contribution in [0.1, 0.15) is 55.5 Å². The summed E-state index contributed by atoms with van der Waals surface area (Å²) in [5.74, 6) is 2.84. The summed E-state index contributed by atoms with van der Waals surface area (Å²) in [6, 6.07) is 6.41. The van der Waals surface area contributed by atoms with E-state index < -0.39 is 0 Å². The number of ether oxygens (including phenoxy) is 1. The average Bonchev–Trinajstić information content (AvgIpc) is 2.84. The number of amidine groups is 1. The SMILES string of the molecule is CN=C(C=C(N)CCOC)N1CCc2nc(-c3c(C)cccc3C)nc(N3CCCC(C)(C)C3)c2C1. The van der Waals surface area contributed by atoms with Crippen molar-refractivity contribution in [2.24, 2.45) is 16.1 Å². The van der Waals surface area contributed by atoms with Crippen LogP contribution in [0.15, 0.2) is 35.0 Å². The van der Waals surface area contributed by atoms with Crippen LogP contribution in [0, 0.1) is 19.3 Å². The summed E-state index contributed by atoms with van der Waals surface area (Å²) < 4.78 is 5.19. The Hall–Kier alpha value is -2.93. The Labute approximate surface area is 216 Å². The molecule has 194 valence electrons. The van der Waals surface area contributed by atoms with Gasteiger partial charge in [0.25, 0.3) is 0 Å². The standard InChI is InChI=1S/C29H42N6O/c1-20-9-7-10-21(2)26(20)27-32-24-11-15-34(25(31-5)17-22(30)12-16-36-6)18-23(24)28(33-27)35-14-8-13-29(3,4)19-35/h7,9-10,17H,8,11-16,18-19,30H2,1-6H3. The van der Waals surface area contributed by atoms with Crippen molar-refractivity contribution in [3.63, 3.8) is 0 Å². The van der Waals surface area contributed by atoms with E-state index in [0.29, 0.717) is 13.0 Å². The molecule has 4 rings (SSSR count). The molecular weight excluding hydrogens is 448 g/mol. The number of piperidine rings is 1. The molecule has 1 fully saturated rings. The zero-order chi connectivity index (χ0) is 25.9. The van der Waals surface area contributed by atoms with Gasteiger partial charge in [0.2, 0.25) is 0 Å². The van der Waals surface area contributed by atoms with Crippen molar-refractivity contribution in [1.82, 2.24) is 14.9 Å². The van der Waals surface area contributed by atoms with E-state index in [1.54, 1.807) is 7.11 Å². The van der Waals surface area contributed by atoms with E-state index in [1.807, 2.05) is 13.1 Å². The van der Waals surface area contributed by atoms with E-state index >= 15 is 0 Å². The first-order chi connectivity index (χ1) is 17.2. The van der Waals surface area contributed by atoms with Crippen LogP contribution in [-0.4, -0.2) is 61.1 Å². The van der Waals surface area contributed by atoms with Gasteiger partial charge in [0.05, 0.1) is 12.3 Å². The Morgan fingerprint density at radius 1 is 1.19 bits per heavy atom. The maximum Gasteiger partial charge on any atom is 0.162 e. The fourth-order valence-electron chi connectivity index (χ4n) is 5.49. The summed E-state index contributed by atoms with van der Waals surface area (Å²) in [7, 11) is 3.53. The Morgan fingerprint density at radius 3 is 2.61 bits per heavy atom. The normalized spacial score (nSPS) is 18.4. The molecule has 0 bridgehead atoms. The van der Waals surface area contributed by atoms with E-state index in [0.717, 1.165) is 67.0 Å². The van der Waals surface area contributed by atoms with Gasteiger partial charge in [-0.2, -0.15) is 0 Å². The molecule has 7 heteroatoms. The Balaban J connectivity index is 1.76. The molecule has 0 aliphatic carbocycles. The van der Waals surface area contributed by atoms with Crippen molar-refractivity contribution < 1.29 is 4.74 Å². The molecule has 0 radical (unpaired) electrons. The van der Waals surface area contributed by atoms with E-state index in [1.165, 1.54) is 29.5 Å². The molecule has 1 aromatic carbocycles. The minimum Gasteiger partial charge on any atom is -0.402 e. The Morgan fingerprint density at radius 2 is 1.94 bits per heavy atom. The van der Waals surface area contributed by atoms with Crippen molar-refractivity contribution >= 4 is 11.7 Å². The number of fused-ring (bicyclic) bond motifs is 1. The highest BCUT2D eigenvalue weighted by Gasteiger charge is 2.32. The van der Waals surface area contributed by atoms with Crippen LogP contribution in [-0.2, 0) is 17.7 Å². The monoisotopic (exact) mass is 490 g/mol. The van der Waals surface area contributed by atoms with Crippen molar-refractivity contribution in [1.29, 1.82) is 0 Å². The van der Waals surface area contributed by atoms with Crippen molar-refractivity contribution in [2.45, 2.75) is 59.9 Å². The molecule has 2 aliphatic heterocycles. The predicted molar refractivity (Wildman–Crippen MR) is 148 cm³/mol. The largest absolute Gasteiger partial charge is 0.402 e. The first-order valence-electron chi connectivity index (χ1n) is 13.1. The van der Waals surface area contributed by atoms with Gasteiger partial charge in [-0.3, -0.25) is 4.99 Å². The number of benzene rings is 1. The molecule has 1 aromatic heterocycles. The summed E-state index contributed by atoms with van der Waals surface area (Å²) in [4.78, 5) is 19.8. The van der Waals surface area contributed by atoms with Gasteiger partial charge in [0.1, 0.15) is 11.7 Å². The molecule has 0 unspecified atom stereocenters. The van der Waals surface area contributed by atoms with E-state index in [4.69, 9.17) is 20.4 Å². The lowest BCUT2D eigenvalue weighted by Gasteiger charge is -2.41. The number of rotatable bonds is 6. The molecule has 7 nitrogen and oxygen atoms in total. The van der Waals surface area contributed by atoms with Crippen LogP contribution in [0.3, 0.4) is 0 Å². The van der Waals surface area contributed by atoms with Gasteiger partial charge >= 0.3 is 0 Å². The summed E-state index contributed by atoms with van der Waals surface area (Å²) >= 11 is 0. The van der Waals surface area contributed by atoms with Gasteiger partial charge in [0, 0.05) is 70.0 Å². The van der Waals surface area contributed by atoms with E-state index in [-0.39, 0.29) is 5.41 Å². The van der Waals surface area contributed by atoms with Crippen LogP contribution < -0.4 is 10.6 Å². The molecule has 2 aromatic rings. The van der Waals surface area contributed by atoms with Crippen molar-refractivity contribution in [3.8, 4) is 11.4 Å². The number of hydrogen-bond donors (Lipinski definition) is 1. The fourth-order valence-corrected chi connectivity index (χ4v) is 5.49. The zero-order valence-corrected chi connectivity index (χ0v) is 22.9.